The SMILES string of the molecule is CC(C)CCC[C@@H](C)[C@H]1CCC2C3CC=C4C[C@@H](OCCN(P(c5ccccc5)c5ccccc5)P(=O)(c5ccccc5)c5ccccc5)CC[C@]4(C)C3CC[C@@]21C. The fourth-order valence-electron chi connectivity index (χ4n) is 12.7. The highest BCUT2D eigenvalue weighted by Crippen LogP contribution is 2.67. The lowest BCUT2D eigenvalue weighted by atomic mass is 9.47. The summed E-state index contributed by atoms with van der Waals surface area (Å²) in [7, 11) is -4.46. The Kier molecular flexibility index (Phi) is 13.0. The lowest BCUT2D eigenvalue weighted by Crippen LogP contribution is -2.51. The van der Waals surface area contributed by atoms with Crippen molar-refractivity contribution in [3.63, 3.8) is 0 Å². The van der Waals surface area contributed by atoms with Gasteiger partial charge in [0.25, 0.3) is 0 Å². The molecular weight excluding hydrogens is 745 g/mol. The quantitative estimate of drug-likeness (QED) is 0.0884. The monoisotopic (exact) mass is 813 g/mol. The molecule has 0 spiro atoms. The summed E-state index contributed by atoms with van der Waals surface area (Å²) in [4.78, 5) is 0. The van der Waals surface area contributed by atoms with Gasteiger partial charge in [0.15, 0.2) is 0 Å². The van der Waals surface area contributed by atoms with Crippen molar-refractivity contribution in [3.8, 4) is 0 Å². The van der Waals surface area contributed by atoms with Gasteiger partial charge in [-0.05, 0) is 133 Å². The van der Waals surface area contributed by atoms with Gasteiger partial charge in [-0.3, -0.25) is 4.57 Å². The molecule has 58 heavy (non-hydrogen) atoms. The van der Waals surface area contributed by atoms with Gasteiger partial charge in [-0.25, -0.2) is 4.44 Å². The number of benzene rings is 4. The van der Waals surface area contributed by atoms with Gasteiger partial charge in [-0.1, -0.05) is 163 Å². The minimum absolute atomic E-state index is 0.196. The van der Waals surface area contributed by atoms with Crippen LogP contribution in [0.25, 0.3) is 0 Å². The molecule has 8 atom stereocenters. The van der Waals surface area contributed by atoms with Gasteiger partial charge in [0, 0.05) is 25.2 Å². The van der Waals surface area contributed by atoms with Crippen molar-refractivity contribution in [2.45, 2.75) is 111 Å². The predicted octanol–water partition coefficient (Wildman–Crippen LogP) is 12.7. The second-order valence-electron chi connectivity index (χ2n) is 19.4. The van der Waals surface area contributed by atoms with Crippen LogP contribution in [0, 0.1) is 46.3 Å². The predicted molar refractivity (Wildman–Crippen MR) is 248 cm³/mol. The number of nitrogens with zero attached hydrogens (tertiary/aromatic N) is 1. The molecule has 4 aromatic carbocycles. The van der Waals surface area contributed by atoms with E-state index in [1.165, 1.54) is 68.4 Å². The minimum Gasteiger partial charge on any atom is -0.377 e. The third kappa shape index (κ3) is 8.17. The van der Waals surface area contributed by atoms with Crippen LogP contribution < -0.4 is 21.2 Å². The van der Waals surface area contributed by atoms with Crippen molar-refractivity contribution in [1.29, 1.82) is 0 Å². The summed E-state index contributed by atoms with van der Waals surface area (Å²) in [5.74, 6) is 5.10. The van der Waals surface area contributed by atoms with Gasteiger partial charge >= 0.3 is 0 Å². The molecule has 5 heteroatoms. The Morgan fingerprint density at radius 2 is 1.31 bits per heavy atom. The molecule has 308 valence electrons. The topological polar surface area (TPSA) is 29.5 Å². The zero-order valence-electron chi connectivity index (χ0n) is 36.0. The molecule has 0 bridgehead atoms. The molecule has 3 nitrogen and oxygen atoms in total. The van der Waals surface area contributed by atoms with Gasteiger partial charge in [0.05, 0.1) is 12.7 Å². The molecule has 3 unspecified atom stereocenters. The Hall–Kier alpha value is -2.80. The Morgan fingerprint density at radius 1 is 0.724 bits per heavy atom. The summed E-state index contributed by atoms with van der Waals surface area (Å²) < 4.78 is 25.6. The van der Waals surface area contributed by atoms with Crippen LogP contribution in [-0.4, -0.2) is 23.7 Å². The van der Waals surface area contributed by atoms with E-state index in [-0.39, 0.29) is 6.10 Å². The summed E-state index contributed by atoms with van der Waals surface area (Å²) in [6.07, 6.45) is 17.4. The maximum absolute atomic E-state index is 16.3. The maximum atomic E-state index is 16.3. The number of allylic oxidation sites excluding steroid dienone is 1. The molecule has 0 N–H and O–H groups in total. The van der Waals surface area contributed by atoms with E-state index in [0.717, 1.165) is 59.0 Å². The highest BCUT2D eigenvalue weighted by Gasteiger charge is 2.59. The van der Waals surface area contributed by atoms with Crippen LogP contribution in [0.15, 0.2) is 133 Å². The number of hydrogen-bond acceptors (Lipinski definition) is 2. The Morgan fingerprint density at radius 3 is 1.90 bits per heavy atom. The molecule has 8 rings (SSSR count). The second kappa shape index (κ2) is 18.0. The minimum atomic E-state index is -3.31. The first-order valence-corrected chi connectivity index (χ1v) is 25.8. The molecule has 0 aliphatic heterocycles. The van der Waals surface area contributed by atoms with Crippen LogP contribution in [-0.2, 0) is 9.30 Å². The zero-order valence-corrected chi connectivity index (χ0v) is 37.8. The third-order valence-electron chi connectivity index (χ3n) is 15.7. The third-order valence-corrected chi connectivity index (χ3v) is 22.0. The molecule has 4 aromatic rings. The lowest BCUT2D eigenvalue weighted by Gasteiger charge is -2.58. The Balaban J connectivity index is 1.02. The molecule has 0 radical (unpaired) electrons. The first-order valence-electron chi connectivity index (χ1n) is 22.8. The molecule has 3 saturated carbocycles. The van der Waals surface area contributed by atoms with Gasteiger partial charge in [-0.2, -0.15) is 0 Å². The van der Waals surface area contributed by atoms with Crippen molar-refractivity contribution >= 4 is 36.6 Å². The van der Waals surface area contributed by atoms with Crippen molar-refractivity contribution in [1.82, 2.24) is 4.44 Å². The van der Waals surface area contributed by atoms with Gasteiger partial charge in [0.2, 0.25) is 7.29 Å². The van der Waals surface area contributed by atoms with Crippen LogP contribution >= 0.6 is 15.4 Å². The van der Waals surface area contributed by atoms with Crippen molar-refractivity contribution in [2.75, 3.05) is 13.2 Å². The largest absolute Gasteiger partial charge is 0.377 e. The molecule has 0 heterocycles. The molecule has 4 aliphatic rings. The number of fused-ring (bicyclic) bond motifs is 5. The van der Waals surface area contributed by atoms with Gasteiger partial charge in [0.1, 0.15) is 0 Å². The van der Waals surface area contributed by atoms with Gasteiger partial charge < -0.3 is 4.74 Å². The van der Waals surface area contributed by atoms with Crippen LogP contribution in [0.3, 0.4) is 0 Å². The van der Waals surface area contributed by atoms with Crippen LogP contribution in [0.2, 0.25) is 0 Å². The van der Waals surface area contributed by atoms with Gasteiger partial charge in [-0.15, -0.1) is 0 Å². The zero-order chi connectivity index (χ0) is 40.3. The van der Waals surface area contributed by atoms with E-state index in [2.05, 4.69) is 130 Å². The highest BCUT2D eigenvalue weighted by atomic mass is 31.2. The summed E-state index contributed by atoms with van der Waals surface area (Å²) in [6.45, 7) is 13.8. The second-order valence-corrected chi connectivity index (χ2v) is 24.5. The van der Waals surface area contributed by atoms with E-state index in [1.54, 1.807) is 5.57 Å². The molecule has 0 amide bonds. The van der Waals surface area contributed by atoms with Crippen molar-refractivity contribution < 1.29 is 9.30 Å². The number of hydrogen-bond donors (Lipinski definition) is 0. The lowest BCUT2D eigenvalue weighted by molar-refractivity contribution is -0.0638. The summed E-state index contributed by atoms with van der Waals surface area (Å²) >= 11 is 0. The first-order chi connectivity index (χ1) is 28.1. The van der Waals surface area contributed by atoms with E-state index in [1.807, 2.05) is 36.4 Å². The van der Waals surface area contributed by atoms with Crippen LogP contribution in [0.4, 0.5) is 0 Å². The standard InChI is InChI=1S/C53H69NO2P2/c1-40(2)19-18-20-41(3)49-31-32-50-48-30-29-42-39-43(33-35-52(42,4)51(48)34-36-53(49,50)5)56-38-37-54(57(44-21-10-6-11-22-44)45-23-12-7-13-24-45)58(55,46-25-14-8-15-26-46)47-27-16-9-17-28-47/h6-17,21-29,40-41,43,48-51H,18-20,30-39H2,1-5H3/t41-,43+,48?,49-,50?,51?,52+,53-/m1/s1. The van der Waals surface area contributed by atoms with E-state index in [9.17, 15) is 0 Å². The summed E-state index contributed by atoms with van der Waals surface area (Å²) in [6, 6.07) is 41.9. The van der Waals surface area contributed by atoms with Crippen molar-refractivity contribution in [2.24, 2.45) is 46.3 Å². The van der Waals surface area contributed by atoms with Crippen LogP contribution in [0.5, 0.6) is 0 Å². The Bertz CT molecular complexity index is 1920. The highest BCUT2D eigenvalue weighted by molar-refractivity contribution is 7.87. The molecule has 0 aromatic heterocycles. The average Bonchev–Trinajstić information content (AvgIpc) is 3.61. The molecule has 3 fully saturated rings. The number of rotatable bonds is 15. The maximum Gasteiger partial charge on any atom is 0.211 e. The number of ether oxygens (including phenoxy) is 1. The smallest absolute Gasteiger partial charge is 0.211 e. The molecule has 4 aliphatic carbocycles. The molecular formula is C53H69NO2P2. The fraction of sp³-hybridized carbons (Fsp3) is 0.509. The normalized spacial score (nSPS) is 28.8. The summed E-state index contributed by atoms with van der Waals surface area (Å²) in [5.41, 5.74) is 2.49. The fourth-order valence-corrected chi connectivity index (χ4v) is 19.3. The summed E-state index contributed by atoms with van der Waals surface area (Å²) in [5, 5.41) is 4.13. The average molecular weight is 814 g/mol. The molecule has 0 saturated heterocycles. The van der Waals surface area contributed by atoms with Crippen LogP contribution in [0.1, 0.15) is 105 Å². The Labute approximate surface area is 352 Å². The van der Waals surface area contributed by atoms with Crippen molar-refractivity contribution in [3.05, 3.63) is 133 Å². The van der Waals surface area contributed by atoms with E-state index < -0.39 is 15.4 Å². The first kappa shape index (κ1) is 41.9. The van der Waals surface area contributed by atoms with E-state index in [4.69, 9.17) is 4.74 Å². The van der Waals surface area contributed by atoms with E-state index in [0.29, 0.717) is 24.0 Å². The van der Waals surface area contributed by atoms with E-state index >= 15 is 4.57 Å².